The molecule has 4 heteroatoms. The van der Waals surface area contributed by atoms with Crippen molar-refractivity contribution >= 4 is 5.78 Å². The Morgan fingerprint density at radius 2 is 2.44 bits per heavy atom. The summed E-state index contributed by atoms with van der Waals surface area (Å²) in [6.45, 7) is 6.60. The Bertz CT molecular complexity index is 384. The highest BCUT2D eigenvalue weighted by Gasteiger charge is 2.23. The van der Waals surface area contributed by atoms with Gasteiger partial charge in [0.2, 0.25) is 0 Å². The quantitative estimate of drug-likeness (QED) is 0.826. The van der Waals surface area contributed by atoms with Crippen LogP contribution in [0.25, 0.3) is 0 Å². The molecule has 4 nitrogen and oxygen atoms in total. The summed E-state index contributed by atoms with van der Waals surface area (Å²) in [6.07, 6.45) is 1.49. The number of carbonyl (C=O) groups excluding carboxylic acids is 1. The molecule has 0 amide bonds. The van der Waals surface area contributed by atoms with Gasteiger partial charge in [0.15, 0.2) is 0 Å². The van der Waals surface area contributed by atoms with E-state index < -0.39 is 0 Å². The van der Waals surface area contributed by atoms with E-state index in [0.29, 0.717) is 12.2 Å². The molecule has 16 heavy (non-hydrogen) atoms. The van der Waals surface area contributed by atoms with Gasteiger partial charge in [0, 0.05) is 44.1 Å². The van der Waals surface area contributed by atoms with Crippen molar-refractivity contribution in [2.24, 2.45) is 5.92 Å². The molecule has 0 aromatic carbocycles. The molecule has 1 saturated heterocycles. The number of hydrogen-bond donors (Lipinski definition) is 1. The number of Topliss-reactive ketones (excluding diaryl/α,β-unsaturated/α-hetero) is 1. The predicted octanol–water partition coefficient (Wildman–Crippen LogP) is 0.933. The zero-order valence-electron chi connectivity index (χ0n) is 9.99. The van der Waals surface area contributed by atoms with Crippen LogP contribution in [0.3, 0.4) is 0 Å². The van der Waals surface area contributed by atoms with Gasteiger partial charge in [-0.25, -0.2) is 0 Å². The first-order valence-corrected chi connectivity index (χ1v) is 5.97. The van der Waals surface area contributed by atoms with Crippen molar-refractivity contribution in [3.63, 3.8) is 0 Å². The van der Waals surface area contributed by atoms with Crippen molar-refractivity contribution in [2.45, 2.75) is 33.2 Å². The Labute approximate surface area is 96.0 Å². The highest BCUT2D eigenvalue weighted by molar-refractivity contribution is 5.82. The van der Waals surface area contributed by atoms with Crippen LogP contribution >= 0.6 is 0 Å². The Morgan fingerprint density at radius 1 is 1.62 bits per heavy atom. The number of aromatic nitrogens is 2. The Balaban J connectivity index is 2.09. The van der Waals surface area contributed by atoms with Crippen LogP contribution in [-0.4, -0.2) is 28.7 Å². The van der Waals surface area contributed by atoms with E-state index in [-0.39, 0.29) is 5.92 Å². The van der Waals surface area contributed by atoms with E-state index in [1.54, 1.807) is 0 Å². The molecule has 0 bridgehead atoms. The fourth-order valence-electron chi connectivity index (χ4n) is 2.28. The zero-order valence-corrected chi connectivity index (χ0v) is 9.99. The second-order valence-corrected chi connectivity index (χ2v) is 4.41. The van der Waals surface area contributed by atoms with Crippen LogP contribution in [0.2, 0.25) is 0 Å². The lowest BCUT2D eigenvalue weighted by Crippen LogP contribution is -2.38. The molecule has 2 rings (SSSR count). The molecule has 0 radical (unpaired) electrons. The van der Waals surface area contributed by atoms with Gasteiger partial charge < -0.3 is 5.32 Å². The number of ketones is 1. The summed E-state index contributed by atoms with van der Waals surface area (Å²) in [4.78, 5) is 11.7. The monoisotopic (exact) mass is 221 g/mol. The van der Waals surface area contributed by atoms with Crippen LogP contribution in [0, 0.1) is 12.8 Å². The van der Waals surface area contributed by atoms with Gasteiger partial charge in [-0.2, -0.15) is 5.10 Å². The topological polar surface area (TPSA) is 46.9 Å². The number of rotatable bonds is 3. The van der Waals surface area contributed by atoms with E-state index >= 15 is 0 Å². The molecule has 88 valence electrons. The van der Waals surface area contributed by atoms with Crippen molar-refractivity contribution < 1.29 is 4.79 Å². The summed E-state index contributed by atoms with van der Waals surface area (Å²) in [5.74, 6) is 0.524. The van der Waals surface area contributed by atoms with Crippen molar-refractivity contribution in [1.82, 2.24) is 15.1 Å². The summed E-state index contributed by atoms with van der Waals surface area (Å²) < 4.78 is 2.00. The lowest BCUT2D eigenvalue weighted by Gasteiger charge is -2.21. The minimum Gasteiger partial charge on any atom is -0.316 e. The third-order valence-electron chi connectivity index (χ3n) is 3.13. The van der Waals surface area contributed by atoms with Crippen LogP contribution < -0.4 is 5.32 Å². The SMILES string of the molecule is CCn1nc(C)cc1CC1CNCCC1=O. The zero-order chi connectivity index (χ0) is 11.5. The van der Waals surface area contributed by atoms with E-state index in [0.717, 1.165) is 31.7 Å². The van der Waals surface area contributed by atoms with Gasteiger partial charge in [-0.1, -0.05) is 0 Å². The normalized spacial score (nSPS) is 21.4. The maximum atomic E-state index is 11.7. The summed E-state index contributed by atoms with van der Waals surface area (Å²) in [7, 11) is 0. The molecular weight excluding hydrogens is 202 g/mol. The van der Waals surface area contributed by atoms with Crippen LogP contribution in [0.1, 0.15) is 24.7 Å². The molecule has 1 aromatic heterocycles. The maximum absolute atomic E-state index is 11.7. The minimum absolute atomic E-state index is 0.134. The van der Waals surface area contributed by atoms with Crippen LogP contribution in [-0.2, 0) is 17.8 Å². The lowest BCUT2D eigenvalue weighted by atomic mass is 9.93. The van der Waals surface area contributed by atoms with E-state index in [1.165, 1.54) is 5.69 Å². The third-order valence-corrected chi connectivity index (χ3v) is 3.13. The molecule has 1 unspecified atom stereocenters. The number of piperidine rings is 1. The first-order valence-electron chi connectivity index (χ1n) is 5.97. The fourth-order valence-corrected chi connectivity index (χ4v) is 2.28. The fraction of sp³-hybridized carbons (Fsp3) is 0.667. The van der Waals surface area contributed by atoms with Crippen molar-refractivity contribution in [3.8, 4) is 0 Å². The number of aryl methyl sites for hydroxylation is 2. The van der Waals surface area contributed by atoms with E-state index in [2.05, 4.69) is 23.4 Å². The number of carbonyl (C=O) groups is 1. The Morgan fingerprint density at radius 3 is 3.12 bits per heavy atom. The van der Waals surface area contributed by atoms with Gasteiger partial charge >= 0.3 is 0 Å². The van der Waals surface area contributed by atoms with Gasteiger partial charge in [0.25, 0.3) is 0 Å². The van der Waals surface area contributed by atoms with Crippen molar-refractivity contribution in [3.05, 3.63) is 17.5 Å². The third kappa shape index (κ3) is 2.32. The molecular formula is C12H19N3O. The first kappa shape index (κ1) is 11.3. The van der Waals surface area contributed by atoms with Crippen LogP contribution in [0.4, 0.5) is 0 Å². The van der Waals surface area contributed by atoms with E-state index in [4.69, 9.17) is 0 Å². The second kappa shape index (κ2) is 4.78. The second-order valence-electron chi connectivity index (χ2n) is 4.41. The smallest absolute Gasteiger partial charge is 0.138 e. The molecule has 1 atom stereocenters. The molecule has 1 N–H and O–H groups in total. The largest absolute Gasteiger partial charge is 0.316 e. The number of hydrogen-bond acceptors (Lipinski definition) is 3. The highest BCUT2D eigenvalue weighted by atomic mass is 16.1. The first-order chi connectivity index (χ1) is 7.70. The molecule has 1 fully saturated rings. The van der Waals surface area contributed by atoms with Crippen LogP contribution in [0.15, 0.2) is 6.07 Å². The summed E-state index contributed by atoms with van der Waals surface area (Å²) in [5, 5.41) is 7.68. The summed E-state index contributed by atoms with van der Waals surface area (Å²) in [5.41, 5.74) is 2.22. The highest BCUT2D eigenvalue weighted by Crippen LogP contribution is 2.14. The van der Waals surface area contributed by atoms with Crippen LogP contribution in [0.5, 0.6) is 0 Å². The van der Waals surface area contributed by atoms with Gasteiger partial charge in [-0.05, 0) is 19.9 Å². The number of nitrogens with zero attached hydrogens (tertiary/aromatic N) is 2. The average Bonchev–Trinajstić information content (AvgIpc) is 2.62. The Kier molecular flexibility index (Phi) is 3.39. The molecule has 1 aliphatic heterocycles. The van der Waals surface area contributed by atoms with Gasteiger partial charge in [0.05, 0.1) is 5.69 Å². The predicted molar refractivity (Wildman–Crippen MR) is 62.3 cm³/mol. The molecule has 2 heterocycles. The van der Waals surface area contributed by atoms with Gasteiger partial charge in [0.1, 0.15) is 5.78 Å². The molecule has 0 spiro atoms. The molecule has 1 aliphatic rings. The van der Waals surface area contributed by atoms with Crippen molar-refractivity contribution in [2.75, 3.05) is 13.1 Å². The van der Waals surface area contributed by atoms with Crippen molar-refractivity contribution in [1.29, 1.82) is 0 Å². The van der Waals surface area contributed by atoms with Gasteiger partial charge in [-0.15, -0.1) is 0 Å². The molecule has 0 saturated carbocycles. The lowest BCUT2D eigenvalue weighted by molar-refractivity contribution is -0.123. The summed E-state index contributed by atoms with van der Waals surface area (Å²) in [6, 6.07) is 2.09. The number of nitrogens with one attached hydrogen (secondary N) is 1. The summed E-state index contributed by atoms with van der Waals surface area (Å²) >= 11 is 0. The van der Waals surface area contributed by atoms with Gasteiger partial charge in [-0.3, -0.25) is 9.48 Å². The Hall–Kier alpha value is -1.16. The maximum Gasteiger partial charge on any atom is 0.138 e. The van der Waals surface area contributed by atoms with E-state index in [9.17, 15) is 4.79 Å². The van der Waals surface area contributed by atoms with E-state index in [1.807, 2.05) is 11.6 Å². The molecule has 1 aromatic rings. The average molecular weight is 221 g/mol. The minimum atomic E-state index is 0.134. The standard InChI is InChI=1S/C12H19N3O/c1-3-15-11(6-9(2)14-15)7-10-8-13-5-4-12(10)16/h6,10,13H,3-5,7-8H2,1-2H3. The molecule has 0 aliphatic carbocycles.